The van der Waals surface area contributed by atoms with Crippen LogP contribution in [0.15, 0.2) is 6.20 Å². The summed E-state index contributed by atoms with van der Waals surface area (Å²) in [6, 6.07) is 1.20. The topological polar surface area (TPSA) is 45.4 Å². The van der Waals surface area contributed by atoms with Gasteiger partial charge in [0.1, 0.15) is 0 Å². The molecule has 0 saturated carbocycles. The predicted molar refractivity (Wildman–Crippen MR) is 75.7 cm³/mol. The first-order chi connectivity index (χ1) is 7.58. The van der Waals surface area contributed by atoms with Crippen LogP contribution in [0, 0.1) is 0 Å². The Morgan fingerprint density at radius 1 is 1.41 bits per heavy atom. The van der Waals surface area contributed by atoms with Gasteiger partial charge in [0.05, 0.1) is 0 Å². The minimum Gasteiger partial charge on any atom is -0.375 e. The molecule has 0 amide bonds. The molecule has 6 heteroatoms. The van der Waals surface area contributed by atoms with Crippen LogP contribution in [-0.4, -0.2) is 47.0 Å². The maximum absolute atomic E-state index is 5.65. The molecule has 1 aliphatic heterocycles. The van der Waals surface area contributed by atoms with Crippen molar-refractivity contribution >= 4 is 28.9 Å². The Bertz CT molecular complexity index is 357. The standard InChI is InChI=1S/C11H20N4S.ClH/c1-8-9(2)15(5-4-14(8)3)7-10-6-13-11(12)16-10;/h6,8-9H,4-5,7H2,1-3H3,(H2,12,13);1H. The van der Waals surface area contributed by atoms with Crippen LogP contribution in [0.25, 0.3) is 0 Å². The lowest BCUT2D eigenvalue weighted by molar-refractivity contribution is 0.0479. The van der Waals surface area contributed by atoms with E-state index in [4.69, 9.17) is 5.73 Å². The van der Waals surface area contributed by atoms with Crippen molar-refractivity contribution in [2.75, 3.05) is 25.9 Å². The molecular formula is C11H21ClN4S. The van der Waals surface area contributed by atoms with Gasteiger partial charge in [-0.1, -0.05) is 0 Å². The lowest BCUT2D eigenvalue weighted by Gasteiger charge is -2.43. The molecule has 0 spiro atoms. The second kappa shape index (κ2) is 6.00. The Balaban J connectivity index is 0.00000144. The van der Waals surface area contributed by atoms with E-state index in [2.05, 4.69) is 35.7 Å². The molecule has 1 saturated heterocycles. The molecule has 0 aliphatic carbocycles. The van der Waals surface area contributed by atoms with Gasteiger partial charge in [-0.3, -0.25) is 4.90 Å². The molecule has 2 rings (SSSR count). The normalized spacial score (nSPS) is 26.8. The zero-order chi connectivity index (χ0) is 11.7. The number of piperazine rings is 1. The quantitative estimate of drug-likeness (QED) is 0.893. The van der Waals surface area contributed by atoms with Gasteiger partial charge >= 0.3 is 0 Å². The number of hydrogen-bond donors (Lipinski definition) is 1. The first kappa shape index (κ1) is 14.7. The number of hydrogen-bond acceptors (Lipinski definition) is 5. The number of aromatic nitrogens is 1. The molecule has 0 aromatic carbocycles. The monoisotopic (exact) mass is 276 g/mol. The van der Waals surface area contributed by atoms with Crippen LogP contribution in [0.5, 0.6) is 0 Å². The highest BCUT2D eigenvalue weighted by atomic mass is 35.5. The molecule has 1 aromatic heterocycles. The fraction of sp³-hybridized carbons (Fsp3) is 0.727. The molecule has 1 aliphatic rings. The zero-order valence-corrected chi connectivity index (χ0v) is 12.2. The predicted octanol–water partition coefficient (Wildman–Crippen LogP) is 1.67. The minimum atomic E-state index is 0. The van der Waals surface area contributed by atoms with E-state index >= 15 is 0 Å². The summed E-state index contributed by atoms with van der Waals surface area (Å²) in [7, 11) is 2.20. The van der Waals surface area contributed by atoms with E-state index in [0.29, 0.717) is 17.2 Å². The highest BCUT2D eigenvalue weighted by molar-refractivity contribution is 7.15. The SMILES string of the molecule is CC1C(C)N(Cc2cnc(N)s2)CCN1C.Cl. The number of rotatable bonds is 2. The molecule has 2 N–H and O–H groups in total. The van der Waals surface area contributed by atoms with Crippen molar-refractivity contribution in [2.45, 2.75) is 32.5 Å². The highest BCUT2D eigenvalue weighted by Crippen LogP contribution is 2.21. The fourth-order valence-electron chi connectivity index (χ4n) is 2.19. The van der Waals surface area contributed by atoms with Crippen molar-refractivity contribution in [2.24, 2.45) is 0 Å². The van der Waals surface area contributed by atoms with E-state index in [9.17, 15) is 0 Å². The van der Waals surface area contributed by atoms with E-state index in [1.165, 1.54) is 4.88 Å². The van der Waals surface area contributed by atoms with Crippen LogP contribution in [0.4, 0.5) is 5.13 Å². The summed E-state index contributed by atoms with van der Waals surface area (Å²) in [6.45, 7) is 7.83. The van der Waals surface area contributed by atoms with Crippen molar-refractivity contribution in [3.63, 3.8) is 0 Å². The van der Waals surface area contributed by atoms with Gasteiger partial charge in [-0.15, -0.1) is 23.7 Å². The fourth-order valence-corrected chi connectivity index (χ4v) is 2.90. The Kier molecular flexibility index (Phi) is 5.19. The van der Waals surface area contributed by atoms with Crippen molar-refractivity contribution in [1.29, 1.82) is 0 Å². The van der Waals surface area contributed by atoms with Crippen molar-refractivity contribution in [1.82, 2.24) is 14.8 Å². The van der Waals surface area contributed by atoms with Gasteiger partial charge in [0.15, 0.2) is 5.13 Å². The van der Waals surface area contributed by atoms with Crippen LogP contribution in [-0.2, 0) is 6.54 Å². The van der Waals surface area contributed by atoms with Crippen LogP contribution in [0.1, 0.15) is 18.7 Å². The highest BCUT2D eigenvalue weighted by Gasteiger charge is 2.28. The van der Waals surface area contributed by atoms with Crippen LogP contribution in [0.3, 0.4) is 0 Å². The molecule has 98 valence electrons. The average molecular weight is 277 g/mol. The Morgan fingerprint density at radius 3 is 2.71 bits per heavy atom. The first-order valence-electron chi connectivity index (χ1n) is 5.72. The van der Waals surface area contributed by atoms with Gasteiger partial charge < -0.3 is 10.6 Å². The molecule has 0 radical (unpaired) electrons. The number of nitrogen functional groups attached to an aromatic ring is 1. The van der Waals surface area contributed by atoms with Gasteiger partial charge in [-0.05, 0) is 20.9 Å². The van der Waals surface area contributed by atoms with Crippen molar-refractivity contribution in [3.8, 4) is 0 Å². The number of anilines is 1. The van der Waals surface area contributed by atoms with Crippen LogP contribution < -0.4 is 5.73 Å². The summed E-state index contributed by atoms with van der Waals surface area (Å²) in [4.78, 5) is 10.3. The summed E-state index contributed by atoms with van der Waals surface area (Å²) in [6.07, 6.45) is 1.90. The van der Waals surface area contributed by atoms with Crippen LogP contribution in [0.2, 0.25) is 0 Å². The van der Waals surface area contributed by atoms with Crippen molar-refractivity contribution in [3.05, 3.63) is 11.1 Å². The van der Waals surface area contributed by atoms with E-state index in [0.717, 1.165) is 19.6 Å². The molecule has 4 nitrogen and oxygen atoms in total. The van der Waals surface area contributed by atoms with E-state index in [-0.39, 0.29) is 12.4 Å². The van der Waals surface area contributed by atoms with Gasteiger partial charge in [0.25, 0.3) is 0 Å². The minimum absolute atomic E-state index is 0. The second-order valence-electron chi connectivity index (χ2n) is 4.60. The first-order valence-corrected chi connectivity index (χ1v) is 6.54. The van der Waals surface area contributed by atoms with E-state index in [1.54, 1.807) is 11.3 Å². The third-order valence-electron chi connectivity index (χ3n) is 3.64. The molecule has 2 heterocycles. The number of nitrogens with two attached hydrogens (primary N) is 1. The van der Waals surface area contributed by atoms with E-state index < -0.39 is 0 Å². The lowest BCUT2D eigenvalue weighted by atomic mass is 10.1. The molecule has 2 unspecified atom stereocenters. The summed E-state index contributed by atoms with van der Waals surface area (Å²) < 4.78 is 0. The second-order valence-corrected chi connectivity index (χ2v) is 5.74. The Labute approximate surface area is 113 Å². The zero-order valence-electron chi connectivity index (χ0n) is 10.6. The smallest absolute Gasteiger partial charge is 0.180 e. The largest absolute Gasteiger partial charge is 0.375 e. The molecular weight excluding hydrogens is 256 g/mol. The van der Waals surface area contributed by atoms with Gasteiger partial charge in [-0.2, -0.15) is 0 Å². The maximum Gasteiger partial charge on any atom is 0.180 e. The summed E-state index contributed by atoms with van der Waals surface area (Å²) in [5.74, 6) is 0. The molecule has 17 heavy (non-hydrogen) atoms. The van der Waals surface area contributed by atoms with Crippen molar-refractivity contribution < 1.29 is 0 Å². The van der Waals surface area contributed by atoms with E-state index in [1.807, 2.05) is 6.20 Å². The maximum atomic E-state index is 5.65. The summed E-state index contributed by atoms with van der Waals surface area (Å²) >= 11 is 1.60. The van der Waals surface area contributed by atoms with Gasteiger partial charge in [0.2, 0.25) is 0 Å². The number of likely N-dealkylation sites (N-methyl/N-ethyl adjacent to an activating group) is 1. The van der Waals surface area contributed by atoms with Gasteiger partial charge in [-0.25, -0.2) is 4.98 Å². The summed E-state index contributed by atoms with van der Waals surface area (Å²) in [5, 5.41) is 0.671. The average Bonchev–Trinajstić information content (AvgIpc) is 2.65. The molecule has 1 aromatic rings. The molecule has 0 bridgehead atoms. The number of halogens is 1. The van der Waals surface area contributed by atoms with Crippen LogP contribution >= 0.6 is 23.7 Å². The Morgan fingerprint density at radius 2 is 2.12 bits per heavy atom. The molecule has 1 fully saturated rings. The third-order valence-corrected chi connectivity index (χ3v) is 4.45. The Hall–Kier alpha value is -0.360. The van der Waals surface area contributed by atoms with Gasteiger partial charge in [0, 0.05) is 42.8 Å². The number of thiazole rings is 1. The summed E-state index contributed by atoms with van der Waals surface area (Å²) in [5.41, 5.74) is 5.65. The molecule has 2 atom stereocenters. The number of nitrogens with zero attached hydrogens (tertiary/aromatic N) is 3. The third kappa shape index (κ3) is 3.31. The lowest BCUT2D eigenvalue weighted by Crippen LogP contribution is -2.55.